The number of fused-ring (bicyclic) bond motifs is 6. The summed E-state index contributed by atoms with van der Waals surface area (Å²) < 4.78 is 40.9. The summed E-state index contributed by atoms with van der Waals surface area (Å²) in [6.45, 7) is 12.7. The first kappa shape index (κ1) is 48.8. The summed E-state index contributed by atoms with van der Waals surface area (Å²) in [5.41, 5.74) is 9.82. The summed E-state index contributed by atoms with van der Waals surface area (Å²) >= 11 is 0. The van der Waals surface area contributed by atoms with Crippen LogP contribution in [0.3, 0.4) is 0 Å². The number of hydrogen-bond acceptors (Lipinski definition) is 12. The topological polar surface area (TPSA) is 214 Å². The monoisotopic (exact) mass is 930 g/mol. The van der Waals surface area contributed by atoms with Crippen LogP contribution in [0.1, 0.15) is 84.0 Å². The van der Waals surface area contributed by atoms with Crippen LogP contribution < -0.4 is 16.1 Å². The fourth-order valence-corrected chi connectivity index (χ4v) is 10.8. The molecule has 17 nitrogen and oxygen atoms in total. The van der Waals surface area contributed by atoms with Crippen LogP contribution in [0.25, 0.3) is 27.6 Å². The van der Waals surface area contributed by atoms with Crippen molar-refractivity contribution in [2.75, 3.05) is 47.4 Å². The van der Waals surface area contributed by atoms with E-state index in [2.05, 4.69) is 53.5 Å². The lowest BCUT2D eigenvalue weighted by atomic mass is 9.83. The number of aliphatic imine (C=N–C) groups is 1. The van der Waals surface area contributed by atoms with Gasteiger partial charge in [0.25, 0.3) is 5.91 Å². The minimum atomic E-state index is -3.76. The molecular formula is C48H66N8O9S. The van der Waals surface area contributed by atoms with Gasteiger partial charge in [-0.3, -0.25) is 34.5 Å². The lowest BCUT2D eigenvalue weighted by Crippen LogP contribution is -2.62. The lowest BCUT2D eigenvalue weighted by Gasteiger charge is -2.37. The van der Waals surface area contributed by atoms with Gasteiger partial charge in [0.1, 0.15) is 29.2 Å². The van der Waals surface area contributed by atoms with Crippen LogP contribution in [0.2, 0.25) is 0 Å². The molecular weight excluding hydrogens is 865 g/mol. The molecule has 0 spiro atoms. The average Bonchev–Trinajstić information content (AvgIpc) is 4.11. The number of aromatic nitrogens is 1. The third-order valence-electron chi connectivity index (χ3n) is 13.2. The molecule has 5 heterocycles. The van der Waals surface area contributed by atoms with Gasteiger partial charge in [0.05, 0.1) is 30.6 Å². The van der Waals surface area contributed by atoms with Gasteiger partial charge in [-0.15, -0.1) is 0 Å². The van der Waals surface area contributed by atoms with E-state index in [1.807, 2.05) is 25.3 Å². The SMILES string of the molecule is CCn1c(C2=C([C@H](C)OC)N=CCC2)c2c3cc(ccc31)-c1cc(O)cc(c1)C[C@H](NC(=O)[C@H](C(C)C)N(C)C(=O)CN(C)S(=O)(=O)[C@H]1CN1)C(=O)N1CCC[C@H](N1)C(=O)OCC(C)(C)C2. The number of phenolic OH excluding ortho intramolecular Hbond substituents is 1. The third-order valence-corrected chi connectivity index (χ3v) is 15.2. The number of sulfonamides is 1. The molecule has 0 saturated carbocycles. The summed E-state index contributed by atoms with van der Waals surface area (Å²) in [6, 6.07) is 8.24. The number of nitrogens with one attached hydrogen (secondary N) is 3. The number of hydrazine groups is 1. The van der Waals surface area contributed by atoms with Crippen molar-refractivity contribution >= 4 is 56.4 Å². The Balaban J connectivity index is 1.31. The van der Waals surface area contributed by atoms with E-state index in [9.17, 15) is 32.7 Å². The number of aromatic hydroxyl groups is 1. The molecule has 3 amide bonds. The zero-order chi connectivity index (χ0) is 47.8. The van der Waals surface area contributed by atoms with Crippen LogP contribution >= 0.6 is 0 Å². The summed E-state index contributed by atoms with van der Waals surface area (Å²) in [7, 11) is 0.696. The number of carbonyl (C=O) groups excluding carboxylic acids is 4. The Labute approximate surface area is 388 Å². The molecule has 7 rings (SSSR count). The minimum absolute atomic E-state index is 0.0316. The summed E-state index contributed by atoms with van der Waals surface area (Å²) in [5.74, 6) is -2.71. The van der Waals surface area contributed by atoms with E-state index < -0.39 is 75.1 Å². The van der Waals surface area contributed by atoms with Crippen molar-refractivity contribution in [3.63, 3.8) is 0 Å². The second kappa shape index (κ2) is 19.6. The maximum atomic E-state index is 14.7. The summed E-state index contributed by atoms with van der Waals surface area (Å²) in [4.78, 5) is 62.7. The van der Waals surface area contributed by atoms with Crippen LogP contribution in [0.5, 0.6) is 5.75 Å². The number of allylic oxidation sites excluding steroid dienone is 1. The molecule has 3 aromatic rings. The Kier molecular flexibility index (Phi) is 14.5. The van der Waals surface area contributed by atoms with Crippen LogP contribution in [-0.2, 0) is 58.1 Å². The molecule has 4 aliphatic rings. The number of cyclic esters (lactones) is 1. The quantitative estimate of drug-likeness (QED) is 0.151. The number of phenols is 1. The van der Waals surface area contributed by atoms with Crippen LogP contribution in [0, 0.1) is 11.3 Å². The van der Waals surface area contributed by atoms with Crippen LogP contribution in [0.15, 0.2) is 47.1 Å². The number of likely N-dealkylation sites (N-methyl/N-ethyl adjacent to an activating group) is 2. The van der Waals surface area contributed by atoms with Crippen LogP contribution in [-0.4, -0.2) is 139 Å². The van der Waals surface area contributed by atoms with Gasteiger partial charge in [0.15, 0.2) is 0 Å². The first-order valence-electron chi connectivity index (χ1n) is 23.0. The van der Waals surface area contributed by atoms with Crippen molar-refractivity contribution in [1.29, 1.82) is 0 Å². The van der Waals surface area contributed by atoms with Crippen molar-refractivity contribution < 1.29 is 42.2 Å². The maximum Gasteiger partial charge on any atom is 0.324 e. The normalized spacial score (nSPS) is 22.3. The van der Waals surface area contributed by atoms with E-state index in [1.54, 1.807) is 33.1 Å². The highest BCUT2D eigenvalue weighted by atomic mass is 32.2. The summed E-state index contributed by atoms with van der Waals surface area (Å²) in [5, 5.41) is 18.6. The molecule has 6 bridgehead atoms. The number of methoxy groups -OCH3 is 1. The van der Waals surface area contributed by atoms with Gasteiger partial charge in [-0.05, 0) is 98.4 Å². The van der Waals surface area contributed by atoms with Gasteiger partial charge >= 0.3 is 5.97 Å². The molecule has 358 valence electrons. The second-order valence-corrected chi connectivity index (χ2v) is 21.4. The summed E-state index contributed by atoms with van der Waals surface area (Å²) in [6.07, 6.45) is 4.67. The Hall–Kier alpha value is -5.14. The number of esters is 1. The van der Waals surface area contributed by atoms with Gasteiger partial charge < -0.3 is 29.4 Å². The van der Waals surface area contributed by atoms with Gasteiger partial charge in [-0.2, -0.15) is 4.31 Å². The van der Waals surface area contributed by atoms with E-state index >= 15 is 0 Å². The predicted molar refractivity (Wildman–Crippen MR) is 253 cm³/mol. The molecule has 4 N–H and O–H groups in total. The molecule has 18 heteroatoms. The molecule has 0 unspecified atom stereocenters. The van der Waals surface area contributed by atoms with E-state index in [-0.39, 0.29) is 31.4 Å². The largest absolute Gasteiger partial charge is 0.508 e. The number of hydrogen-bond donors (Lipinski definition) is 4. The van der Waals surface area contributed by atoms with E-state index in [0.717, 1.165) is 56.1 Å². The number of ether oxygens (including phenoxy) is 2. The first-order chi connectivity index (χ1) is 31.2. The maximum absolute atomic E-state index is 14.7. The van der Waals surface area contributed by atoms with Gasteiger partial charge in [-0.1, -0.05) is 39.8 Å². The number of nitrogens with zero attached hydrogens (tertiary/aromatic N) is 5. The molecule has 4 aliphatic heterocycles. The fraction of sp³-hybridized carbons (Fsp3) is 0.562. The van der Waals surface area contributed by atoms with Crippen molar-refractivity contribution in [2.24, 2.45) is 16.3 Å². The number of benzene rings is 2. The first-order valence-corrected chi connectivity index (χ1v) is 24.5. The number of rotatable bonds is 12. The second-order valence-electron chi connectivity index (χ2n) is 19.2. The van der Waals surface area contributed by atoms with Gasteiger partial charge in [0.2, 0.25) is 21.8 Å². The lowest BCUT2D eigenvalue weighted by molar-refractivity contribution is -0.155. The number of amides is 3. The highest BCUT2D eigenvalue weighted by molar-refractivity contribution is 7.90. The van der Waals surface area contributed by atoms with Crippen molar-refractivity contribution in [3.05, 3.63) is 58.9 Å². The molecule has 0 aliphatic carbocycles. The number of carbonyl (C=O) groups is 4. The van der Waals surface area contributed by atoms with Gasteiger partial charge in [0, 0.05) is 75.4 Å². The zero-order valence-corrected chi connectivity index (χ0v) is 40.5. The fourth-order valence-electron chi connectivity index (χ4n) is 9.54. The number of aryl methyl sites for hydroxylation is 1. The molecule has 2 saturated heterocycles. The highest BCUT2D eigenvalue weighted by Crippen LogP contribution is 2.42. The van der Waals surface area contributed by atoms with Crippen molar-refractivity contribution in [3.8, 4) is 16.9 Å². The predicted octanol–water partition coefficient (Wildman–Crippen LogP) is 3.97. The van der Waals surface area contributed by atoms with E-state index in [0.29, 0.717) is 43.5 Å². The molecule has 5 atom stereocenters. The Bertz CT molecular complexity index is 2550. The molecule has 1 aromatic heterocycles. The smallest absolute Gasteiger partial charge is 0.324 e. The van der Waals surface area contributed by atoms with E-state index in [4.69, 9.17) is 14.5 Å². The van der Waals surface area contributed by atoms with Crippen molar-refractivity contribution in [1.82, 2.24) is 34.8 Å². The third kappa shape index (κ3) is 10.2. The van der Waals surface area contributed by atoms with Crippen LogP contribution in [0.4, 0.5) is 0 Å². The molecule has 0 radical (unpaired) electrons. The Morgan fingerprint density at radius 1 is 1.11 bits per heavy atom. The Morgan fingerprint density at radius 3 is 2.53 bits per heavy atom. The van der Waals surface area contributed by atoms with Gasteiger partial charge in [-0.25, -0.2) is 13.8 Å². The standard InChI is InChI=1S/C48H66N8O9S/c1-10-55-39-16-15-31-23-35(39)36(44(55)34-13-11-17-49-42(34)29(4)64-9)24-48(5,6)27-65-47(61)37-14-12-18-56(52-37)46(60)38(21-30-19-32(31)22-33(57)20-30)51-45(59)43(28(2)3)54(8)41(58)26-53(7)66(62,63)40-25-50-40/h15-17,19-20,22-23,28-29,37-38,40,43,50,52,57H,10-14,18,21,24-27H2,1-9H3,(H,51,59)/t29-,37-,38-,40-,43-/m0/s1. The molecule has 2 aromatic carbocycles. The zero-order valence-electron chi connectivity index (χ0n) is 39.6. The minimum Gasteiger partial charge on any atom is -0.508 e. The molecule has 2 fully saturated rings. The molecule has 66 heavy (non-hydrogen) atoms. The van der Waals surface area contributed by atoms with E-state index in [1.165, 1.54) is 24.0 Å². The Morgan fingerprint density at radius 2 is 1.85 bits per heavy atom. The highest BCUT2D eigenvalue weighted by Gasteiger charge is 2.41. The van der Waals surface area contributed by atoms with Crippen molar-refractivity contribution in [2.45, 2.75) is 116 Å². The average molecular weight is 931 g/mol.